The normalized spacial score (nSPS) is 20.2. The number of alkyl halides is 1. The van der Waals surface area contributed by atoms with Gasteiger partial charge in [-0.3, -0.25) is 4.39 Å². The van der Waals surface area contributed by atoms with Crippen LogP contribution in [0.3, 0.4) is 0 Å². The predicted molar refractivity (Wildman–Crippen MR) is 71.8 cm³/mol. The lowest BCUT2D eigenvalue weighted by Gasteiger charge is -2.21. The zero-order valence-corrected chi connectivity index (χ0v) is 11.7. The van der Waals surface area contributed by atoms with Gasteiger partial charge < -0.3 is 9.88 Å². The van der Waals surface area contributed by atoms with Gasteiger partial charge in [-0.2, -0.15) is 0 Å². The standard InChI is InChI=1S/C12H21FN4S/c1-17-11(10-5-4-7-14-9-10)15-16-12(17)18-8-3-2-6-13/h10,14H,2-9H2,1H3/t10-/m0/s1. The molecule has 102 valence electrons. The maximum Gasteiger partial charge on any atom is 0.190 e. The van der Waals surface area contributed by atoms with E-state index in [4.69, 9.17) is 0 Å². The Balaban J connectivity index is 1.90. The van der Waals surface area contributed by atoms with Crippen LogP contribution in [0, 0.1) is 0 Å². The topological polar surface area (TPSA) is 42.7 Å². The first-order valence-corrected chi connectivity index (χ1v) is 7.60. The maximum absolute atomic E-state index is 12.0. The molecule has 1 fully saturated rings. The summed E-state index contributed by atoms with van der Waals surface area (Å²) in [5.41, 5.74) is 0. The van der Waals surface area contributed by atoms with Gasteiger partial charge in [-0.1, -0.05) is 11.8 Å². The van der Waals surface area contributed by atoms with Crippen LogP contribution in [0.4, 0.5) is 4.39 Å². The van der Waals surface area contributed by atoms with Gasteiger partial charge >= 0.3 is 0 Å². The second-order valence-electron chi connectivity index (χ2n) is 4.69. The average molecular weight is 272 g/mol. The zero-order valence-electron chi connectivity index (χ0n) is 10.9. The van der Waals surface area contributed by atoms with Crippen molar-refractivity contribution in [3.63, 3.8) is 0 Å². The highest BCUT2D eigenvalue weighted by Crippen LogP contribution is 2.25. The van der Waals surface area contributed by atoms with Crippen LogP contribution in [-0.2, 0) is 7.05 Å². The minimum absolute atomic E-state index is 0.224. The summed E-state index contributed by atoms with van der Waals surface area (Å²) >= 11 is 1.67. The van der Waals surface area contributed by atoms with E-state index in [2.05, 4.69) is 20.1 Å². The molecule has 0 radical (unpaired) electrons. The molecule has 1 aromatic heterocycles. The quantitative estimate of drug-likeness (QED) is 0.636. The van der Waals surface area contributed by atoms with Gasteiger partial charge in [0.2, 0.25) is 0 Å². The summed E-state index contributed by atoms with van der Waals surface area (Å²) < 4.78 is 14.1. The Labute approximate surface area is 112 Å². The van der Waals surface area contributed by atoms with Gasteiger partial charge in [0.05, 0.1) is 6.67 Å². The Morgan fingerprint density at radius 3 is 3.06 bits per heavy atom. The molecule has 2 rings (SSSR count). The highest BCUT2D eigenvalue weighted by atomic mass is 32.2. The molecule has 1 N–H and O–H groups in total. The summed E-state index contributed by atoms with van der Waals surface area (Å²) in [6.45, 7) is 1.88. The molecule has 0 spiro atoms. The van der Waals surface area contributed by atoms with Crippen LogP contribution < -0.4 is 5.32 Å². The van der Waals surface area contributed by atoms with Crippen LogP contribution in [0.2, 0.25) is 0 Å². The number of nitrogens with one attached hydrogen (secondary N) is 1. The molecule has 1 aliphatic heterocycles. The van der Waals surface area contributed by atoms with Gasteiger partial charge in [0.25, 0.3) is 0 Å². The van der Waals surface area contributed by atoms with Crippen LogP contribution in [0.1, 0.15) is 37.4 Å². The minimum Gasteiger partial charge on any atom is -0.316 e. The van der Waals surface area contributed by atoms with Crippen molar-refractivity contribution >= 4 is 11.8 Å². The van der Waals surface area contributed by atoms with Crippen LogP contribution in [-0.4, -0.2) is 40.3 Å². The summed E-state index contributed by atoms with van der Waals surface area (Å²) in [7, 11) is 2.03. The average Bonchev–Trinajstić information content (AvgIpc) is 2.77. The van der Waals surface area contributed by atoms with Gasteiger partial charge in [-0.15, -0.1) is 10.2 Å². The van der Waals surface area contributed by atoms with E-state index in [-0.39, 0.29) is 6.67 Å². The summed E-state index contributed by atoms with van der Waals surface area (Å²) in [6.07, 6.45) is 3.93. The molecule has 0 amide bonds. The third-order valence-electron chi connectivity index (χ3n) is 3.29. The number of nitrogens with zero attached hydrogens (tertiary/aromatic N) is 3. The lowest BCUT2D eigenvalue weighted by Crippen LogP contribution is -2.29. The Morgan fingerprint density at radius 2 is 2.33 bits per heavy atom. The summed E-state index contributed by atoms with van der Waals surface area (Å²) in [6, 6.07) is 0. The number of hydrogen-bond donors (Lipinski definition) is 1. The van der Waals surface area contributed by atoms with Gasteiger partial charge in [0, 0.05) is 25.3 Å². The van der Waals surface area contributed by atoms with Crippen LogP contribution in [0.25, 0.3) is 0 Å². The van der Waals surface area contributed by atoms with E-state index in [0.717, 1.165) is 36.2 Å². The fourth-order valence-corrected chi connectivity index (χ4v) is 3.16. The number of thioether (sulfide) groups is 1. The molecular formula is C12H21FN4S. The van der Waals surface area contributed by atoms with Crippen molar-refractivity contribution in [1.29, 1.82) is 0 Å². The van der Waals surface area contributed by atoms with Crippen molar-refractivity contribution < 1.29 is 4.39 Å². The molecule has 1 saturated heterocycles. The lowest BCUT2D eigenvalue weighted by atomic mass is 9.99. The first kappa shape index (κ1) is 13.8. The predicted octanol–water partition coefficient (Wildman–Crippen LogP) is 2.12. The van der Waals surface area contributed by atoms with E-state index in [9.17, 15) is 4.39 Å². The number of piperidine rings is 1. The Bertz CT molecular complexity index is 363. The molecule has 0 unspecified atom stereocenters. The van der Waals surface area contributed by atoms with Gasteiger partial charge in [-0.25, -0.2) is 0 Å². The number of aromatic nitrogens is 3. The van der Waals surface area contributed by atoms with Gasteiger partial charge in [-0.05, 0) is 32.2 Å². The SMILES string of the molecule is Cn1c(SCCCCF)nnc1[C@H]1CCCNC1. The van der Waals surface area contributed by atoms with Crippen LogP contribution >= 0.6 is 11.8 Å². The molecule has 0 aromatic carbocycles. The third-order valence-corrected chi connectivity index (χ3v) is 4.40. The Kier molecular flexibility index (Phi) is 5.44. The molecule has 4 nitrogen and oxygen atoms in total. The first-order valence-electron chi connectivity index (χ1n) is 6.61. The van der Waals surface area contributed by atoms with E-state index in [1.54, 1.807) is 11.8 Å². The molecule has 0 aliphatic carbocycles. The van der Waals surface area contributed by atoms with E-state index in [1.807, 2.05) is 7.05 Å². The zero-order chi connectivity index (χ0) is 12.8. The lowest BCUT2D eigenvalue weighted by molar-refractivity contribution is 0.436. The highest BCUT2D eigenvalue weighted by molar-refractivity contribution is 7.99. The third kappa shape index (κ3) is 3.45. The summed E-state index contributed by atoms with van der Waals surface area (Å²) in [5, 5.41) is 12.9. The summed E-state index contributed by atoms with van der Waals surface area (Å²) in [4.78, 5) is 0. The van der Waals surface area contributed by atoms with Crippen LogP contribution in [0.5, 0.6) is 0 Å². The van der Waals surface area contributed by atoms with Gasteiger partial charge in [0.1, 0.15) is 5.82 Å². The molecule has 0 bridgehead atoms. The number of hydrogen-bond acceptors (Lipinski definition) is 4. The molecule has 18 heavy (non-hydrogen) atoms. The van der Waals surface area contributed by atoms with Crippen molar-refractivity contribution in [2.45, 2.75) is 36.8 Å². The van der Waals surface area contributed by atoms with Crippen molar-refractivity contribution in [1.82, 2.24) is 20.1 Å². The van der Waals surface area contributed by atoms with E-state index >= 15 is 0 Å². The molecule has 1 atom stereocenters. The van der Waals surface area contributed by atoms with Crippen molar-refractivity contribution in [2.24, 2.45) is 7.05 Å². The second-order valence-corrected chi connectivity index (χ2v) is 5.75. The largest absolute Gasteiger partial charge is 0.316 e. The Morgan fingerprint density at radius 1 is 1.44 bits per heavy atom. The van der Waals surface area contributed by atoms with E-state index in [0.29, 0.717) is 12.3 Å². The molecule has 1 aliphatic rings. The molecule has 2 heterocycles. The van der Waals surface area contributed by atoms with E-state index in [1.165, 1.54) is 12.8 Å². The summed E-state index contributed by atoms with van der Waals surface area (Å²) in [5.74, 6) is 2.48. The monoisotopic (exact) mass is 272 g/mol. The second kappa shape index (κ2) is 7.09. The number of rotatable bonds is 6. The first-order chi connectivity index (χ1) is 8.83. The van der Waals surface area contributed by atoms with Crippen molar-refractivity contribution in [3.05, 3.63) is 5.82 Å². The van der Waals surface area contributed by atoms with Crippen molar-refractivity contribution in [2.75, 3.05) is 25.5 Å². The molecule has 1 aromatic rings. The maximum atomic E-state index is 12.0. The molecule has 6 heteroatoms. The molecular weight excluding hydrogens is 251 g/mol. The fraction of sp³-hybridized carbons (Fsp3) is 0.833. The fourth-order valence-electron chi connectivity index (χ4n) is 2.24. The van der Waals surface area contributed by atoms with Crippen molar-refractivity contribution in [3.8, 4) is 0 Å². The Hall–Kier alpha value is -0.620. The number of halogens is 1. The van der Waals surface area contributed by atoms with Crippen LogP contribution in [0.15, 0.2) is 5.16 Å². The smallest absolute Gasteiger partial charge is 0.190 e. The highest BCUT2D eigenvalue weighted by Gasteiger charge is 2.21. The number of unbranched alkanes of at least 4 members (excludes halogenated alkanes) is 1. The minimum atomic E-state index is -0.224. The van der Waals surface area contributed by atoms with Gasteiger partial charge in [0.15, 0.2) is 5.16 Å². The van der Waals surface area contributed by atoms with E-state index < -0.39 is 0 Å². The molecule has 0 saturated carbocycles.